The van der Waals surface area contributed by atoms with Gasteiger partial charge in [-0.2, -0.15) is 13.2 Å². The number of halogens is 3. The van der Waals surface area contributed by atoms with E-state index in [0.29, 0.717) is 5.00 Å². The molecule has 1 heterocycles. The summed E-state index contributed by atoms with van der Waals surface area (Å²) in [4.78, 5) is 4.25. The van der Waals surface area contributed by atoms with Gasteiger partial charge in [-0.25, -0.2) is 4.98 Å². The molecule has 0 fully saturated rings. The fourth-order valence-corrected chi connectivity index (χ4v) is 2.58. The SMILES string of the molecule is CC(C)c1nc(-c2ccccc2C(F)(F)F)c(N)s1. The van der Waals surface area contributed by atoms with Crippen molar-refractivity contribution in [3.05, 3.63) is 34.8 Å². The molecule has 0 saturated heterocycles. The van der Waals surface area contributed by atoms with Crippen LogP contribution in [0.25, 0.3) is 11.3 Å². The fourth-order valence-electron chi connectivity index (χ4n) is 1.73. The Balaban J connectivity index is 2.60. The molecule has 19 heavy (non-hydrogen) atoms. The molecule has 0 aliphatic heterocycles. The summed E-state index contributed by atoms with van der Waals surface area (Å²) >= 11 is 1.24. The summed E-state index contributed by atoms with van der Waals surface area (Å²) in [7, 11) is 0. The van der Waals surface area contributed by atoms with Crippen molar-refractivity contribution in [3.8, 4) is 11.3 Å². The molecular formula is C13H13F3N2S. The van der Waals surface area contributed by atoms with Gasteiger partial charge < -0.3 is 5.73 Å². The molecule has 1 aromatic carbocycles. The first kappa shape index (κ1) is 13.9. The van der Waals surface area contributed by atoms with Gasteiger partial charge in [-0.05, 0) is 6.07 Å². The van der Waals surface area contributed by atoms with E-state index in [0.717, 1.165) is 11.1 Å². The van der Waals surface area contributed by atoms with Gasteiger partial charge in [0.15, 0.2) is 0 Å². The Morgan fingerprint density at radius 3 is 2.37 bits per heavy atom. The highest BCUT2D eigenvalue weighted by molar-refractivity contribution is 7.16. The summed E-state index contributed by atoms with van der Waals surface area (Å²) in [6, 6.07) is 5.36. The predicted octanol–water partition coefficient (Wildman–Crippen LogP) is 4.53. The average molecular weight is 286 g/mol. The number of nitrogens with zero attached hydrogens (tertiary/aromatic N) is 1. The quantitative estimate of drug-likeness (QED) is 0.880. The number of aromatic nitrogens is 1. The van der Waals surface area contributed by atoms with Crippen molar-refractivity contribution in [2.24, 2.45) is 0 Å². The van der Waals surface area contributed by atoms with E-state index in [-0.39, 0.29) is 17.2 Å². The third-order valence-electron chi connectivity index (χ3n) is 2.65. The van der Waals surface area contributed by atoms with Crippen LogP contribution in [0.2, 0.25) is 0 Å². The van der Waals surface area contributed by atoms with E-state index in [1.54, 1.807) is 6.07 Å². The zero-order valence-corrected chi connectivity index (χ0v) is 11.3. The number of rotatable bonds is 2. The van der Waals surface area contributed by atoms with Gasteiger partial charge in [0.05, 0.1) is 10.6 Å². The third kappa shape index (κ3) is 2.73. The Hall–Kier alpha value is -1.56. The molecule has 0 aliphatic carbocycles. The van der Waals surface area contributed by atoms with Crippen molar-refractivity contribution >= 4 is 16.3 Å². The Kier molecular flexibility index (Phi) is 3.54. The number of hydrogen-bond donors (Lipinski definition) is 1. The van der Waals surface area contributed by atoms with Crippen LogP contribution in [0.5, 0.6) is 0 Å². The zero-order chi connectivity index (χ0) is 14.2. The molecule has 2 nitrogen and oxygen atoms in total. The van der Waals surface area contributed by atoms with E-state index in [1.165, 1.54) is 23.5 Å². The summed E-state index contributed by atoms with van der Waals surface area (Å²) in [6.07, 6.45) is -4.41. The van der Waals surface area contributed by atoms with E-state index < -0.39 is 11.7 Å². The number of thiazole rings is 1. The van der Waals surface area contributed by atoms with Crippen LogP contribution in [0.15, 0.2) is 24.3 Å². The molecule has 0 spiro atoms. The highest BCUT2D eigenvalue weighted by Crippen LogP contribution is 2.40. The van der Waals surface area contributed by atoms with Crippen molar-refractivity contribution in [2.45, 2.75) is 25.9 Å². The molecule has 0 amide bonds. The number of alkyl halides is 3. The molecule has 0 saturated carbocycles. The topological polar surface area (TPSA) is 38.9 Å². The monoisotopic (exact) mass is 286 g/mol. The molecule has 0 bridgehead atoms. The molecule has 0 aliphatic rings. The minimum atomic E-state index is -4.41. The largest absolute Gasteiger partial charge is 0.417 e. The van der Waals surface area contributed by atoms with E-state index in [2.05, 4.69) is 4.98 Å². The summed E-state index contributed by atoms with van der Waals surface area (Å²) in [5.41, 5.74) is 5.37. The van der Waals surface area contributed by atoms with Crippen molar-refractivity contribution in [2.75, 3.05) is 5.73 Å². The Labute approximate surface area is 113 Å². The van der Waals surface area contributed by atoms with Crippen LogP contribution < -0.4 is 5.73 Å². The lowest BCUT2D eigenvalue weighted by atomic mass is 10.0. The molecule has 0 unspecified atom stereocenters. The molecule has 0 radical (unpaired) electrons. The van der Waals surface area contributed by atoms with Gasteiger partial charge in [0, 0.05) is 11.5 Å². The first-order valence-electron chi connectivity index (χ1n) is 5.73. The average Bonchev–Trinajstić information content (AvgIpc) is 2.70. The number of hydrogen-bond acceptors (Lipinski definition) is 3. The molecule has 0 atom stereocenters. The Morgan fingerprint density at radius 1 is 1.21 bits per heavy atom. The van der Waals surface area contributed by atoms with Crippen LogP contribution in [0.1, 0.15) is 30.3 Å². The van der Waals surface area contributed by atoms with Crippen molar-refractivity contribution < 1.29 is 13.2 Å². The van der Waals surface area contributed by atoms with Gasteiger partial charge in [-0.3, -0.25) is 0 Å². The molecule has 102 valence electrons. The minimum Gasteiger partial charge on any atom is -0.389 e. The Morgan fingerprint density at radius 2 is 1.84 bits per heavy atom. The smallest absolute Gasteiger partial charge is 0.389 e. The third-order valence-corrected chi connectivity index (χ3v) is 3.84. The van der Waals surface area contributed by atoms with Crippen LogP contribution in [-0.4, -0.2) is 4.98 Å². The van der Waals surface area contributed by atoms with Gasteiger partial charge in [0.2, 0.25) is 0 Å². The second-order valence-corrected chi connectivity index (χ2v) is 5.53. The van der Waals surface area contributed by atoms with Gasteiger partial charge in [-0.1, -0.05) is 32.0 Å². The molecule has 6 heteroatoms. The highest BCUT2D eigenvalue weighted by Gasteiger charge is 2.34. The molecule has 2 aromatic rings. The van der Waals surface area contributed by atoms with Crippen molar-refractivity contribution in [1.29, 1.82) is 0 Å². The van der Waals surface area contributed by atoms with Crippen LogP contribution in [0.3, 0.4) is 0 Å². The van der Waals surface area contributed by atoms with E-state index in [9.17, 15) is 13.2 Å². The van der Waals surface area contributed by atoms with Gasteiger partial charge in [0.1, 0.15) is 10.7 Å². The van der Waals surface area contributed by atoms with E-state index in [1.807, 2.05) is 13.8 Å². The second-order valence-electron chi connectivity index (χ2n) is 4.46. The number of benzene rings is 1. The van der Waals surface area contributed by atoms with Crippen LogP contribution in [0, 0.1) is 0 Å². The summed E-state index contributed by atoms with van der Waals surface area (Å²) in [5, 5.41) is 1.06. The highest BCUT2D eigenvalue weighted by atomic mass is 32.1. The lowest BCUT2D eigenvalue weighted by Gasteiger charge is -2.11. The summed E-state index contributed by atoms with van der Waals surface area (Å²) in [6.45, 7) is 3.86. The van der Waals surface area contributed by atoms with Crippen LogP contribution in [-0.2, 0) is 6.18 Å². The minimum absolute atomic E-state index is 0.0376. The lowest BCUT2D eigenvalue weighted by Crippen LogP contribution is -2.07. The van der Waals surface area contributed by atoms with Crippen LogP contribution >= 0.6 is 11.3 Å². The number of nitrogens with two attached hydrogens (primary N) is 1. The molecule has 2 rings (SSSR count). The second kappa shape index (κ2) is 4.85. The standard InChI is InChI=1S/C13H13F3N2S/c1-7(2)12-18-10(11(17)19-12)8-5-3-4-6-9(8)13(14,15)16/h3-7H,17H2,1-2H3. The fraction of sp³-hybridized carbons (Fsp3) is 0.308. The van der Waals surface area contributed by atoms with Crippen LogP contribution in [0.4, 0.5) is 18.2 Å². The maximum Gasteiger partial charge on any atom is 0.417 e. The molecule has 1 aromatic heterocycles. The molecule has 2 N–H and O–H groups in total. The Bertz CT molecular complexity index is 588. The zero-order valence-electron chi connectivity index (χ0n) is 10.5. The first-order chi connectivity index (χ1) is 8.80. The normalized spacial score (nSPS) is 12.1. The van der Waals surface area contributed by atoms with E-state index in [4.69, 9.17) is 5.73 Å². The molecular weight excluding hydrogens is 273 g/mol. The summed E-state index contributed by atoms with van der Waals surface area (Å²) in [5.74, 6) is 0.138. The maximum absolute atomic E-state index is 13.0. The van der Waals surface area contributed by atoms with Crippen molar-refractivity contribution in [1.82, 2.24) is 4.98 Å². The van der Waals surface area contributed by atoms with E-state index >= 15 is 0 Å². The number of nitrogen functional groups attached to an aromatic ring is 1. The van der Waals surface area contributed by atoms with Gasteiger partial charge in [0.25, 0.3) is 0 Å². The first-order valence-corrected chi connectivity index (χ1v) is 6.55. The maximum atomic E-state index is 13.0. The van der Waals surface area contributed by atoms with Crippen molar-refractivity contribution in [3.63, 3.8) is 0 Å². The van der Waals surface area contributed by atoms with Gasteiger partial charge >= 0.3 is 6.18 Å². The predicted molar refractivity (Wildman–Crippen MR) is 71.1 cm³/mol. The summed E-state index contributed by atoms with van der Waals surface area (Å²) < 4.78 is 38.9. The van der Waals surface area contributed by atoms with Gasteiger partial charge in [-0.15, -0.1) is 11.3 Å². The number of anilines is 1. The lowest BCUT2D eigenvalue weighted by molar-refractivity contribution is -0.137.